The molecule has 0 aliphatic heterocycles. The van der Waals surface area contributed by atoms with E-state index in [4.69, 9.17) is 5.26 Å². The zero-order valence-electron chi connectivity index (χ0n) is 12.0. The first kappa shape index (κ1) is 14.5. The van der Waals surface area contributed by atoms with E-state index in [1.54, 1.807) is 32.0 Å². The Labute approximate surface area is 121 Å². The molecular weight excluding hydrogens is 268 g/mol. The molecular formula is C16H14N2O3. The molecule has 106 valence electrons. The van der Waals surface area contributed by atoms with Gasteiger partial charge in [0.2, 0.25) is 0 Å². The Morgan fingerprint density at radius 3 is 2.43 bits per heavy atom. The lowest BCUT2D eigenvalue weighted by Crippen LogP contribution is -2.24. The number of aryl methyl sites for hydroxylation is 2. The third-order valence-corrected chi connectivity index (χ3v) is 3.44. The largest absolute Gasteiger partial charge is 0.478 e. The number of benzene rings is 1. The first-order valence-corrected chi connectivity index (χ1v) is 6.34. The van der Waals surface area contributed by atoms with Gasteiger partial charge in [0.15, 0.2) is 0 Å². The molecule has 2 rings (SSSR count). The Bertz CT molecular complexity index is 842. The van der Waals surface area contributed by atoms with Crippen molar-refractivity contribution in [3.05, 3.63) is 62.6 Å². The highest BCUT2D eigenvalue weighted by molar-refractivity contribution is 5.90. The average molecular weight is 282 g/mol. The number of carboxylic acids is 1. The summed E-state index contributed by atoms with van der Waals surface area (Å²) in [5.41, 5.74) is 2.31. The zero-order chi connectivity index (χ0) is 15.7. The van der Waals surface area contributed by atoms with Crippen molar-refractivity contribution in [2.75, 3.05) is 0 Å². The van der Waals surface area contributed by atoms with Crippen LogP contribution in [0.2, 0.25) is 0 Å². The van der Waals surface area contributed by atoms with Crippen LogP contribution in [0, 0.1) is 32.1 Å². The van der Waals surface area contributed by atoms with Crippen molar-refractivity contribution >= 4 is 5.97 Å². The standard InChI is InChI=1S/C16H14N2O3/c1-9-4-5-12(8-17)7-13(9)18-11(3)15(16(20)21)10(2)6-14(18)19/h4-7H,1-3H3,(H,20,21). The van der Waals surface area contributed by atoms with Crippen LogP contribution >= 0.6 is 0 Å². The van der Waals surface area contributed by atoms with E-state index >= 15 is 0 Å². The topological polar surface area (TPSA) is 83.1 Å². The highest BCUT2D eigenvalue weighted by Gasteiger charge is 2.17. The minimum atomic E-state index is -1.08. The van der Waals surface area contributed by atoms with Gasteiger partial charge in [-0.05, 0) is 44.0 Å². The maximum Gasteiger partial charge on any atom is 0.337 e. The molecule has 0 fully saturated rings. The van der Waals surface area contributed by atoms with Gasteiger partial charge >= 0.3 is 5.97 Å². The van der Waals surface area contributed by atoms with Crippen LogP contribution in [0.25, 0.3) is 5.69 Å². The number of hydrogen-bond acceptors (Lipinski definition) is 3. The maximum atomic E-state index is 12.3. The molecule has 1 heterocycles. The molecule has 1 aromatic carbocycles. The summed E-state index contributed by atoms with van der Waals surface area (Å²) in [6.07, 6.45) is 0. The summed E-state index contributed by atoms with van der Waals surface area (Å²) in [6, 6.07) is 8.30. The summed E-state index contributed by atoms with van der Waals surface area (Å²) in [5.74, 6) is -1.08. The van der Waals surface area contributed by atoms with E-state index in [2.05, 4.69) is 0 Å². The summed E-state index contributed by atoms with van der Waals surface area (Å²) < 4.78 is 1.34. The Morgan fingerprint density at radius 2 is 1.86 bits per heavy atom. The molecule has 5 nitrogen and oxygen atoms in total. The molecule has 0 unspecified atom stereocenters. The fourth-order valence-electron chi connectivity index (χ4n) is 2.43. The zero-order valence-corrected chi connectivity index (χ0v) is 12.0. The van der Waals surface area contributed by atoms with E-state index in [9.17, 15) is 14.7 Å². The van der Waals surface area contributed by atoms with Gasteiger partial charge < -0.3 is 5.11 Å². The number of nitriles is 1. The predicted molar refractivity (Wildman–Crippen MR) is 77.9 cm³/mol. The third kappa shape index (κ3) is 2.43. The van der Waals surface area contributed by atoms with Crippen LogP contribution < -0.4 is 5.56 Å². The van der Waals surface area contributed by atoms with Gasteiger partial charge in [0, 0.05) is 11.8 Å². The van der Waals surface area contributed by atoms with E-state index in [0.717, 1.165) is 5.56 Å². The lowest BCUT2D eigenvalue weighted by Gasteiger charge is -2.16. The second-order valence-corrected chi connectivity index (χ2v) is 4.88. The van der Waals surface area contributed by atoms with E-state index in [1.165, 1.54) is 10.6 Å². The van der Waals surface area contributed by atoms with Gasteiger partial charge in [-0.2, -0.15) is 5.26 Å². The van der Waals surface area contributed by atoms with Crippen molar-refractivity contribution in [3.8, 4) is 11.8 Å². The van der Waals surface area contributed by atoms with Crippen molar-refractivity contribution in [1.29, 1.82) is 5.26 Å². The number of aromatic nitrogens is 1. The summed E-state index contributed by atoms with van der Waals surface area (Å²) in [5, 5.41) is 18.3. The van der Waals surface area contributed by atoms with Crippen LogP contribution in [-0.2, 0) is 0 Å². The number of hydrogen-bond donors (Lipinski definition) is 1. The number of nitrogens with zero attached hydrogens (tertiary/aromatic N) is 2. The van der Waals surface area contributed by atoms with Gasteiger partial charge in [0.1, 0.15) is 0 Å². The fourth-order valence-corrected chi connectivity index (χ4v) is 2.43. The van der Waals surface area contributed by atoms with Crippen molar-refractivity contribution in [2.45, 2.75) is 20.8 Å². The molecule has 1 N–H and O–H groups in total. The summed E-state index contributed by atoms with van der Waals surface area (Å²) >= 11 is 0. The SMILES string of the molecule is Cc1ccc(C#N)cc1-n1c(C)c(C(=O)O)c(C)cc1=O. The second kappa shape index (κ2) is 5.25. The predicted octanol–water partition coefficient (Wildman–Crippen LogP) is 2.33. The van der Waals surface area contributed by atoms with Crippen molar-refractivity contribution in [3.63, 3.8) is 0 Å². The van der Waals surface area contributed by atoms with Crippen LogP contribution in [-0.4, -0.2) is 15.6 Å². The molecule has 0 aliphatic carbocycles. The van der Waals surface area contributed by atoms with Crippen molar-refractivity contribution in [1.82, 2.24) is 4.57 Å². The van der Waals surface area contributed by atoms with E-state index in [-0.39, 0.29) is 11.1 Å². The van der Waals surface area contributed by atoms with E-state index in [1.807, 2.05) is 13.0 Å². The molecule has 0 saturated heterocycles. The molecule has 0 aliphatic rings. The lowest BCUT2D eigenvalue weighted by atomic mass is 10.1. The third-order valence-electron chi connectivity index (χ3n) is 3.44. The van der Waals surface area contributed by atoms with Crippen LogP contribution in [0.15, 0.2) is 29.1 Å². The monoisotopic (exact) mass is 282 g/mol. The van der Waals surface area contributed by atoms with E-state index < -0.39 is 5.97 Å². The number of carboxylic acid groups (broad SMARTS) is 1. The minimum absolute atomic E-state index is 0.108. The summed E-state index contributed by atoms with van der Waals surface area (Å²) in [7, 11) is 0. The molecule has 0 bridgehead atoms. The quantitative estimate of drug-likeness (QED) is 0.916. The lowest BCUT2D eigenvalue weighted by molar-refractivity contribution is 0.0694. The Kier molecular flexibility index (Phi) is 3.64. The summed E-state index contributed by atoms with van der Waals surface area (Å²) in [6.45, 7) is 5.00. The molecule has 0 spiro atoms. The molecule has 2 aromatic rings. The number of rotatable bonds is 2. The molecule has 21 heavy (non-hydrogen) atoms. The van der Waals surface area contributed by atoms with Crippen LogP contribution in [0.1, 0.15) is 32.7 Å². The smallest absolute Gasteiger partial charge is 0.337 e. The van der Waals surface area contributed by atoms with E-state index in [0.29, 0.717) is 22.5 Å². The Morgan fingerprint density at radius 1 is 1.19 bits per heavy atom. The van der Waals surface area contributed by atoms with Crippen LogP contribution in [0.5, 0.6) is 0 Å². The maximum absolute atomic E-state index is 12.3. The average Bonchev–Trinajstić information content (AvgIpc) is 2.39. The highest BCUT2D eigenvalue weighted by atomic mass is 16.4. The van der Waals surface area contributed by atoms with Gasteiger partial charge in [-0.25, -0.2) is 4.79 Å². The van der Waals surface area contributed by atoms with Crippen molar-refractivity contribution < 1.29 is 9.90 Å². The number of aromatic carboxylic acids is 1. The molecule has 0 amide bonds. The van der Waals surface area contributed by atoms with Crippen molar-refractivity contribution in [2.24, 2.45) is 0 Å². The Balaban J connectivity index is 2.88. The van der Waals surface area contributed by atoms with Gasteiger partial charge in [0.05, 0.1) is 22.9 Å². The molecule has 0 radical (unpaired) electrons. The molecule has 5 heteroatoms. The van der Waals surface area contributed by atoms with Gasteiger partial charge in [-0.3, -0.25) is 9.36 Å². The molecule has 0 atom stereocenters. The second-order valence-electron chi connectivity index (χ2n) is 4.88. The molecule has 0 saturated carbocycles. The summed E-state index contributed by atoms with van der Waals surface area (Å²) in [4.78, 5) is 23.7. The minimum Gasteiger partial charge on any atom is -0.478 e. The van der Waals surface area contributed by atoms with Gasteiger partial charge in [-0.15, -0.1) is 0 Å². The first-order chi connectivity index (χ1) is 9.86. The highest BCUT2D eigenvalue weighted by Crippen LogP contribution is 2.19. The first-order valence-electron chi connectivity index (χ1n) is 6.34. The number of carbonyl (C=O) groups is 1. The van der Waals surface area contributed by atoms with Gasteiger partial charge in [-0.1, -0.05) is 6.07 Å². The van der Waals surface area contributed by atoms with Crippen LogP contribution in [0.4, 0.5) is 0 Å². The number of pyridine rings is 1. The van der Waals surface area contributed by atoms with Gasteiger partial charge in [0.25, 0.3) is 5.56 Å². The fraction of sp³-hybridized carbons (Fsp3) is 0.188. The Hall–Kier alpha value is -2.87. The van der Waals surface area contributed by atoms with Crippen LogP contribution in [0.3, 0.4) is 0 Å². The molecule has 1 aromatic heterocycles. The normalized spacial score (nSPS) is 10.2.